The van der Waals surface area contributed by atoms with Gasteiger partial charge in [-0.1, -0.05) is 78.9 Å². The van der Waals surface area contributed by atoms with Crippen molar-refractivity contribution in [3.63, 3.8) is 0 Å². The van der Waals surface area contributed by atoms with Gasteiger partial charge in [0.15, 0.2) is 5.78 Å². The van der Waals surface area contributed by atoms with Gasteiger partial charge < -0.3 is 4.74 Å². The highest BCUT2D eigenvalue weighted by Gasteiger charge is 2.33. The smallest absolute Gasteiger partial charge is 0.174 e. The number of rotatable bonds is 3. The number of carbonyl (C=O) groups excluding carboxylic acids is 1. The molecule has 0 radical (unpaired) electrons. The largest absolute Gasteiger partial charge is 0.504 e. The van der Waals surface area contributed by atoms with Crippen LogP contribution in [0.4, 0.5) is 0 Å². The Labute approximate surface area is 147 Å². The second-order valence-electron chi connectivity index (χ2n) is 6.11. The summed E-state index contributed by atoms with van der Waals surface area (Å²) in [5.41, 5.74) is 5.91. The molecule has 0 saturated carbocycles. The van der Waals surface area contributed by atoms with E-state index in [1.807, 2.05) is 66.7 Å². The van der Waals surface area contributed by atoms with E-state index in [2.05, 4.69) is 12.1 Å². The molecule has 0 fully saturated rings. The zero-order valence-electron chi connectivity index (χ0n) is 14.0. The predicted molar refractivity (Wildman–Crippen MR) is 99.6 cm³/mol. The molecule has 122 valence electrons. The van der Waals surface area contributed by atoms with E-state index >= 15 is 0 Å². The Morgan fingerprint density at radius 1 is 0.800 bits per heavy atom. The first-order chi connectivity index (χ1) is 12.3. The van der Waals surface area contributed by atoms with E-state index < -0.39 is 0 Å². The summed E-state index contributed by atoms with van der Waals surface area (Å²) in [5.74, 6) is -0.180. The number of fused-ring (bicyclic) bond motifs is 2. The molecule has 1 aliphatic rings. The number of methoxy groups -OCH3 is 1. The molecule has 0 atom stereocenters. The van der Waals surface area contributed by atoms with Gasteiger partial charge in [0.2, 0.25) is 0 Å². The first-order valence-electron chi connectivity index (χ1n) is 8.32. The van der Waals surface area contributed by atoms with Crippen molar-refractivity contribution in [3.05, 3.63) is 113 Å². The lowest BCUT2D eigenvalue weighted by atomic mass is 9.73. The van der Waals surface area contributed by atoms with Crippen LogP contribution in [0, 0.1) is 0 Å². The minimum absolute atomic E-state index is 0.122. The van der Waals surface area contributed by atoms with Gasteiger partial charge in [0.05, 0.1) is 19.3 Å². The van der Waals surface area contributed by atoms with Crippen molar-refractivity contribution in [2.75, 3.05) is 7.11 Å². The molecule has 0 bridgehead atoms. The van der Waals surface area contributed by atoms with E-state index in [9.17, 15) is 4.79 Å². The van der Waals surface area contributed by atoms with E-state index in [-0.39, 0.29) is 11.7 Å². The molecule has 2 nitrogen and oxygen atoms in total. The van der Waals surface area contributed by atoms with Crippen molar-refractivity contribution in [2.24, 2.45) is 0 Å². The lowest BCUT2D eigenvalue weighted by Gasteiger charge is -2.29. The second-order valence-corrected chi connectivity index (χ2v) is 6.11. The highest BCUT2D eigenvalue weighted by molar-refractivity contribution is 6.06. The zero-order valence-corrected chi connectivity index (χ0v) is 14.0. The number of benzene rings is 3. The molecular formula is C23H18O2. The van der Waals surface area contributed by atoms with E-state index in [0.717, 1.165) is 33.4 Å². The molecule has 1 aliphatic carbocycles. The summed E-state index contributed by atoms with van der Waals surface area (Å²) in [6, 6.07) is 25.7. The van der Waals surface area contributed by atoms with Gasteiger partial charge in [0.25, 0.3) is 0 Å². The van der Waals surface area contributed by atoms with Crippen LogP contribution in [0.1, 0.15) is 38.5 Å². The maximum atomic E-state index is 13.3. The van der Waals surface area contributed by atoms with E-state index in [4.69, 9.17) is 4.74 Å². The second kappa shape index (κ2) is 6.40. The van der Waals surface area contributed by atoms with E-state index in [1.54, 1.807) is 13.4 Å². The Bertz CT molecular complexity index is 905. The molecule has 25 heavy (non-hydrogen) atoms. The van der Waals surface area contributed by atoms with Crippen LogP contribution in [-0.2, 0) is 4.74 Å². The number of ketones is 1. The van der Waals surface area contributed by atoms with Crippen molar-refractivity contribution in [2.45, 2.75) is 5.92 Å². The molecule has 4 rings (SSSR count). The van der Waals surface area contributed by atoms with Gasteiger partial charge in [-0.25, -0.2) is 0 Å². The van der Waals surface area contributed by atoms with Gasteiger partial charge in [-0.05, 0) is 22.3 Å². The maximum absolute atomic E-state index is 13.3. The SMILES string of the molecule is COC=C1c2ccccc2C(C(=O)c2ccccc2)c2ccccc21. The third kappa shape index (κ3) is 2.56. The fourth-order valence-corrected chi connectivity index (χ4v) is 3.60. The third-order valence-corrected chi connectivity index (χ3v) is 4.68. The van der Waals surface area contributed by atoms with Crippen LogP contribution in [0.3, 0.4) is 0 Å². The fraction of sp³-hybridized carbons (Fsp3) is 0.0870. The quantitative estimate of drug-likeness (QED) is 0.497. The van der Waals surface area contributed by atoms with Crippen LogP contribution in [-0.4, -0.2) is 12.9 Å². The van der Waals surface area contributed by atoms with Gasteiger partial charge in [-0.3, -0.25) is 4.79 Å². The minimum atomic E-state index is -0.302. The van der Waals surface area contributed by atoms with Crippen molar-refractivity contribution in [1.29, 1.82) is 0 Å². The summed E-state index contributed by atoms with van der Waals surface area (Å²) in [4.78, 5) is 13.3. The first kappa shape index (κ1) is 15.4. The minimum Gasteiger partial charge on any atom is -0.504 e. The van der Waals surface area contributed by atoms with Gasteiger partial charge in [-0.2, -0.15) is 0 Å². The van der Waals surface area contributed by atoms with Gasteiger partial charge in [0.1, 0.15) is 0 Å². The van der Waals surface area contributed by atoms with Crippen LogP contribution in [0.25, 0.3) is 5.57 Å². The number of carbonyl (C=O) groups is 1. The Balaban J connectivity index is 1.96. The predicted octanol–water partition coefficient (Wildman–Crippen LogP) is 5.05. The standard InChI is InChI=1S/C23H18O2/c1-25-15-21-17-11-5-7-13-19(17)22(20-14-8-6-12-18(20)21)23(24)16-9-3-2-4-10-16/h2-15,22H,1H3. The molecule has 2 heteroatoms. The maximum Gasteiger partial charge on any atom is 0.174 e. The number of Topliss-reactive ketones (excluding diaryl/α,β-unsaturated/α-hetero) is 1. The molecule has 0 aliphatic heterocycles. The monoisotopic (exact) mass is 326 g/mol. The summed E-state index contributed by atoms with van der Waals surface area (Å²) in [6.07, 6.45) is 1.76. The average molecular weight is 326 g/mol. The molecule has 0 N–H and O–H groups in total. The van der Waals surface area contributed by atoms with Crippen LogP contribution in [0.5, 0.6) is 0 Å². The van der Waals surface area contributed by atoms with Crippen LogP contribution < -0.4 is 0 Å². The van der Waals surface area contributed by atoms with Crippen LogP contribution in [0.2, 0.25) is 0 Å². The normalized spacial score (nSPS) is 15.1. The van der Waals surface area contributed by atoms with Gasteiger partial charge in [0, 0.05) is 11.1 Å². The molecule has 0 heterocycles. The highest BCUT2D eigenvalue weighted by atomic mass is 16.5. The summed E-state index contributed by atoms with van der Waals surface area (Å²) < 4.78 is 5.33. The van der Waals surface area contributed by atoms with Crippen LogP contribution >= 0.6 is 0 Å². The molecule has 0 amide bonds. The average Bonchev–Trinajstić information content (AvgIpc) is 2.68. The molecular weight excluding hydrogens is 308 g/mol. The van der Waals surface area contributed by atoms with Gasteiger partial charge in [-0.15, -0.1) is 0 Å². The third-order valence-electron chi connectivity index (χ3n) is 4.68. The first-order valence-corrected chi connectivity index (χ1v) is 8.32. The van der Waals surface area contributed by atoms with Crippen molar-refractivity contribution in [3.8, 4) is 0 Å². The van der Waals surface area contributed by atoms with Gasteiger partial charge >= 0.3 is 0 Å². The van der Waals surface area contributed by atoms with Crippen molar-refractivity contribution in [1.82, 2.24) is 0 Å². The topological polar surface area (TPSA) is 26.3 Å². The Kier molecular flexibility index (Phi) is 3.95. The molecule has 3 aromatic carbocycles. The Morgan fingerprint density at radius 3 is 1.88 bits per heavy atom. The lowest BCUT2D eigenvalue weighted by Crippen LogP contribution is -2.21. The molecule has 0 unspecified atom stereocenters. The fourth-order valence-electron chi connectivity index (χ4n) is 3.60. The van der Waals surface area contributed by atoms with Crippen molar-refractivity contribution < 1.29 is 9.53 Å². The summed E-state index contributed by atoms with van der Waals surface area (Å²) >= 11 is 0. The summed E-state index contributed by atoms with van der Waals surface area (Å²) in [5, 5.41) is 0. The van der Waals surface area contributed by atoms with Crippen LogP contribution in [0.15, 0.2) is 85.1 Å². The lowest BCUT2D eigenvalue weighted by molar-refractivity contribution is 0.0973. The summed E-state index contributed by atoms with van der Waals surface area (Å²) in [7, 11) is 1.65. The number of hydrogen-bond acceptors (Lipinski definition) is 2. The van der Waals surface area contributed by atoms with Crippen molar-refractivity contribution >= 4 is 11.4 Å². The van der Waals surface area contributed by atoms with E-state index in [0.29, 0.717) is 0 Å². The highest BCUT2D eigenvalue weighted by Crippen LogP contribution is 2.43. The van der Waals surface area contributed by atoms with E-state index in [1.165, 1.54) is 0 Å². The summed E-state index contributed by atoms with van der Waals surface area (Å²) in [6.45, 7) is 0. The zero-order chi connectivity index (χ0) is 17.2. The Hall–Kier alpha value is -3.13. The molecule has 0 saturated heterocycles. The number of hydrogen-bond donors (Lipinski definition) is 0. The molecule has 3 aromatic rings. The molecule has 0 aromatic heterocycles. The molecule has 0 spiro atoms. The number of ether oxygens (including phenoxy) is 1. The Morgan fingerprint density at radius 2 is 1.32 bits per heavy atom.